The fraction of sp³-hybridized carbons (Fsp3) is 0.412. The van der Waals surface area contributed by atoms with Gasteiger partial charge in [0.15, 0.2) is 0 Å². The number of pyridine rings is 1. The lowest BCUT2D eigenvalue weighted by molar-refractivity contribution is -0.120. The lowest BCUT2D eigenvalue weighted by atomic mass is 9.92. The third kappa shape index (κ3) is 3.47. The number of aromatic nitrogens is 2. The van der Waals surface area contributed by atoms with Crippen LogP contribution in [0.1, 0.15) is 39.3 Å². The van der Waals surface area contributed by atoms with Gasteiger partial charge in [0, 0.05) is 17.9 Å². The summed E-state index contributed by atoms with van der Waals surface area (Å²) in [5, 5.41) is 6.67. The molecule has 8 heteroatoms. The van der Waals surface area contributed by atoms with Crippen molar-refractivity contribution < 1.29 is 14.1 Å². The van der Waals surface area contributed by atoms with Crippen molar-refractivity contribution in [2.75, 3.05) is 16.0 Å². The molecule has 25 heavy (non-hydrogen) atoms. The van der Waals surface area contributed by atoms with Crippen LogP contribution in [0.3, 0.4) is 0 Å². The number of nitrogens with two attached hydrogens (primary N) is 1. The van der Waals surface area contributed by atoms with Crippen LogP contribution in [-0.2, 0) is 15.0 Å². The number of rotatable bonds is 3. The second-order valence-electron chi connectivity index (χ2n) is 7.08. The molecule has 2 amide bonds. The Kier molecular flexibility index (Phi) is 4.20. The van der Waals surface area contributed by atoms with Gasteiger partial charge in [-0.1, -0.05) is 25.9 Å². The maximum Gasteiger partial charge on any atom is 0.250 e. The highest BCUT2D eigenvalue weighted by Crippen LogP contribution is 2.28. The van der Waals surface area contributed by atoms with E-state index in [1.165, 1.54) is 11.1 Å². The smallest absolute Gasteiger partial charge is 0.250 e. The van der Waals surface area contributed by atoms with Crippen LogP contribution in [0, 0.1) is 0 Å². The number of nitrogens with zero attached hydrogens (tertiary/aromatic N) is 3. The SMILES string of the molecule is CC(C)(C)c1cc(NC(=O)C2CCC(=O)N2c2ccc(N)cn2)on1. The summed E-state index contributed by atoms with van der Waals surface area (Å²) >= 11 is 0. The molecule has 0 radical (unpaired) electrons. The normalized spacial score (nSPS) is 17.8. The zero-order valence-electron chi connectivity index (χ0n) is 14.4. The fourth-order valence-electron chi connectivity index (χ4n) is 2.65. The molecule has 3 heterocycles. The second-order valence-corrected chi connectivity index (χ2v) is 7.08. The van der Waals surface area contributed by atoms with E-state index in [2.05, 4.69) is 15.5 Å². The van der Waals surface area contributed by atoms with Gasteiger partial charge in [-0.2, -0.15) is 0 Å². The number of hydrogen-bond acceptors (Lipinski definition) is 6. The van der Waals surface area contributed by atoms with Crippen molar-refractivity contribution in [1.82, 2.24) is 10.1 Å². The first kappa shape index (κ1) is 16.9. The lowest BCUT2D eigenvalue weighted by Crippen LogP contribution is -2.42. The van der Waals surface area contributed by atoms with E-state index >= 15 is 0 Å². The third-order valence-corrected chi connectivity index (χ3v) is 4.06. The number of carbonyl (C=O) groups is 2. The van der Waals surface area contributed by atoms with Gasteiger partial charge in [-0.3, -0.25) is 19.8 Å². The van der Waals surface area contributed by atoms with E-state index in [4.69, 9.17) is 10.3 Å². The molecule has 2 aromatic heterocycles. The highest BCUT2D eigenvalue weighted by Gasteiger charge is 2.38. The lowest BCUT2D eigenvalue weighted by Gasteiger charge is -2.22. The van der Waals surface area contributed by atoms with Gasteiger partial charge >= 0.3 is 0 Å². The standard InChI is InChI=1S/C17H21N5O3/c1-17(2,3)12-8-14(25-21-12)20-16(24)11-5-7-15(23)22(11)13-6-4-10(18)9-19-13/h4,6,8-9,11H,5,7,18H2,1-3H3,(H,20,24). The highest BCUT2D eigenvalue weighted by atomic mass is 16.5. The molecular weight excluding hydrogens is 322 g/mol. The summed E-state index contributed by atoms with van der Waals surface area (Å²) in [5.41, 5.74) is 6.68. The Morgan fingerprint density at radius 3 is 2.76 bits per heavy atom. The number of carbonyl (C=O) groups excluding carboxylic acids is 2. The van der Waals surface area contributed by atoms with Crippen LogP contribution in [0.25, 0.3) is 0 Å². The molecule has 132 valence electrons. The van der Waals surface area contributed by atoms with Gasteiger partial charge in [-0.15, -0.1) is 0 Å². The maximum absolute atomic E-state index is 12.6. The van der Waals surface area contributed by atoms with Crippen molar-refractivity contribution in [3.8, 4) is 0 Å². The molecule has 1 aliphatic rings. The first-order valence-corrected chi connectivity index (χ1v) is 8.07. The van der Waals surface area contributed by atoms with Gasteiger partial charge in [-0.05, 0) is 18.6 Å². The number of nitrogen functional groups attached to an aromatic ring is 1. The van der Waals surface area contributed by atoms with Crippen molar-refractivity contribution >= 4 is 29.2 Å². The first-order chi connectivity index (χ1) is 11.8. The molecule has 1 atom stereocenters. The summed E-state index contributed by atoms with van der Waals surface area (Å²) in [6.07, 6.45) is 2.16. The van der Waals surface area contributed by atoms with Gasteiger partial charge < -0.3 is 10.3 Å². The molecule has 0 aliphatic carbocycles. The minimum Gasteiger partial charge on any atom is -0.397 e. The molecule has 0 saturated carbocycles. The van der Waals surface area contributed by atoms with E-state index in [1.807, 2.05) is 20.8 Å². The van der Waals surface area contributed by atoms with Crippen LogP contribution in [0.4, 0.5) is 17.4 Å². The Hall–Kier alpha value is -2.90. The number of hydrogen-bond donors (Lipinski definition) is 2. The molecule has 1 aliphatic heterocycles. The van der Waals surface area contributed by atoms with Gasteiger partial charge in [0.1, 0.15) is 11.9 Å². The van der Waals surface area contributed by atoms with Crippen molar-refractivity contribution in [2.24, 2.45) is 0 Å². The molecule has 3 rings (SSSR count). The molecule has 1 fully saturated rings. The van der Waals surface area contributed by atoms with E-state index in [9.17, 15) is 9.59 Å². The molecule has 0 spiro atoms. The number of amides is 2. The van der Waals surface area contributed by atoms with E-state index in [0.717, 1.165) is 5.69 Å². The Labute approximate surface area is 145 Å². The average molecular weight is 343 g/mol. The second kappa shape index (κ2) is 6.19. The van der Waals surface area contributed by atoms with E-state index < -0.39 is 6.04 Å². The molecule has 3 N–H and O–H groups in total. The first-order valence-electron chi connectivity index (χ1n) is 8.07. The summed E-state index contributed by atoms with van der Waals surface area (Å²) in [7, 11) is 0. The predicted octanol–water partition coefficient (Wildman–Crippen LogP) is 2.08. The van der Waals surface area contributed by atoms with Crippen molar-refractivity contribution in [3.05, 3.63) is 30.1 Å². The van der Waals surface area contributed by atoms with Crippen LogP contribution >= 0.6 is 0 Å². The summed E-state index contributed by atoms with van der Waals surface area (Å²) in [4.78, 5) is 30.4. The maximum atomic E-state index is 12.6. The van der Waals surface area contributed by atoms with Crippen molar-refractivity contribution in [2.45, 2.75) is 45.1 Å². The third-order valence-electron chi connectivity index (χ3n) is 4.06. The largest absolute Gasteiger partial charge is 0.397 e. The molecule has 8 nitrogen and oxygen atoms in total. The minimum absolute atomic E-state index is 0.148. The zero-order valence-corrected chi connectivity index (χ0v) is 14.4. The molecule has 0 aromatic carbocycles. The number of anilines is 3. The Morgan fingerprint density at radius 2 is 2.16 bits per heavy atom. The minimum atomic E-state index is -0.646. The molecule has 1 unspecified atom stereocenters. The molecule has 2 aromatic rings. The highest BCUT2D eigenvalue weighted by molar-refractivity contribution is 6.06. The molecule has 0 bridgehead atoms. The Morgan fingerprint density at radius 1 is 1.40 bits per heavy atom. The predicted molar refractivity (Wildman–Crippen MR) is 93.0 cm³/mol. The van der Waals surface area contributed by atoms with E-state index in [-0.39, 0.29) is 29.5 Å². The summed E-state index contributed by atoms with van der Waals surface area (Å²) in [6.45, 7) is 6.00. The molecular formula is C17H21N5O3. The van der Waals surface area contributed by atoms with E-state index in [1.54, 1.807) is 18.2 Å². The summed E-state index contributed by atoms with van der Waals surface area (Å²) in [6, 6.07) is 4.33. The van der Waals surface area contributed by atoms with Crippen LogP contribution in [0.2, 0.25) is 0 Å². The van der Waals surface area contributed by atoms with Crippen LogP contribution < -0.4 is 16.0 Å². The van der Waals surface area contributed by atoms with Gasteiger partial charge in [0.05, 0.1) is 17.6 Å². The topological polar surface area (TPSA) is 114 Å². The van der Waals surface area contributed by atoms with Gasteiger partial charge in [-0.25, -0.2) is 4.98 Å². The summed E-state index contributed by atoms with van der Waals surface area (Å²) < 4.78 is 5.19. The summed E-state index contributed by atoms with van der Waals surface area (Å²) in [5.74, 6) is 0.191. The van der Waals surface area contributed by atoms with Crippen molar-refractivity contribution in [1.29, 1.82) is 0 Å². The zero-order chi connectivity index (χ0) is 18.2. The fourth-order valence-corrected chi connectivity index (χ4v) is 2.65. The molecule has 1 saturated heterocycles. The van der Waals surface area contributed by atoms with Crippen LogP contribution in [0.5, 0.6) is 0 Å². The number of nitrogens with one attached hydrogen (secondary N) is 1. The average Bonchev–Trinajstić information content (AvgIpc) is 3.15. The monoisotopic (exact) mass is 343 g/mol. The van der Waals surface area contributed by atoms with Gasteiger partial charge in [0.25, 0.3) is 0 Å². The Balaban J connectivity index is 1.77. The van der Waals surface area contributed by atoms with Crippen LogP contribution in [0.15, 0.2) is 28.9 Å². The quantitative estimate of drug-likeness (QED) is 0.882. The van der Waals surface area contributed by atoms with Gasteiger partial charge in [0.2, 0.25) is 17.7 Å². The Bertz CT molecular complexity index is 791. The van der Waals surface area contributed by atoms with Crippen molar-refractivity contribution in [3.63, 3.8) is 0 Å². The van der Waals surface area contributed by atoms with Crippen LogP contribution in [-0.4, -0.2) is 28.0 Å². The van der Waals surface area contributed by atoms with E-state index in [0.29, 0.717) is 17.9 Å².